The number of hydrogen-bond acceptors (Lipinski definition) is 4. The fraction of sp³-hybridized carbons (Fsp3) is 0.375. The van der Waals surface area contributed by atoms with Crippen molar-refractivity contribution in [3.05, 3.63) is 40.6 Å². The van der Waals surface area contributed by atoms with Gasteiger partial charge < -0.3 is 10.6 Å². The van der Waals surface area contributed by atoms with Gasteiger partial charge in [-0.05, 0) is 46.0 Å². The molecule has 0 aliphatic heterocycles. The molecule has 2 N–H and O–H groups in total. The van der Waals surface area contributed by atoms with E-state index in [9.17, 15) is 0 Å². The van der Waals surface area contributed by atoms with Crippen molar-refractivity contribution in [2.24, 2.45) is 0 Å². The van der Waals surface area contributed by atoms with Crippen molar-refractivity contribution in [3.63, 3.8) is 0 Å². The van der Waals surface area contributed by atoms with Gasteiger partial charge in [-0.3, -0.25) is 0 Å². The van der Waals surface area contributed by atoms with Gasteiger partial charge in [0, 0.05) is 12.2 Å². The van der Waals surface area contributed by atoms with Crippen LogP contribution in [-0.2, 0) is 0 Å². The maximum absolute atomic E-state index is 4.29. The third kappa shape index (κ3) is 4.17. The molecule has 21 heavy (non-hydrogen) atoms. The number of rotatable bonds is 6. The molecule has 0 aliphatic carbocycles. The zero-order valence-electron chi connectivity index (χ0n) is 12.7. The number of aromatic nitrogens is 2. The van der Waals surface area contributed by atoms with E-state index in [1.807, 2.05) is 0 Å². The van der Waals surface area contributed by atoms with Crippen LogP contribution >= 0.6 is 15.9 Å². The van der Waals surface area contributed by atoms with Crippen LogP contribution in [-0.4, -0.2) is 16.5 Å². The van der Waals surface area contributed by atoms with Gasteiger partial charge in [0.2, 0.25) is 0 Å². The van der Waals surface area contributed by atoms with Gasteiger partial charge in [-0.2, -0.15) is 0 Å². The van der Waals surface area contributed by atoms with E-state index in [0.717, 1.165) is 34.8 Å². The number of anilines is 3. The molecular weight excluding hydrogens is 328 g/mol. The van der Waals surface area contributed by atoms with Crippen molar-refractivity contribution in [1.29, 1.82) is 0 Å². The lowest BCUT2D eigenvalue weighted by molar-refractivity contribution is 0.867. The van der Waals surface area contributed by atoms with Crippen LogP contribution in [0, 0.1) is 0 Å². The van der Waals surface area contributed by atoms with Crippen LogP contribution in [0.4, 0.5) is 17.3 Å². The lowest BCUT2D eigenvalue weighted by Crippen LogP contribution is -2.05. The zero-order chi connectivity index (χ0) is 15.2. The third-order valence-corrected chi connectivity index (χ3v) is 3.92. The summed E-state index contributed by atoms with van der Waals surface area (Å²) < 4.78 is 0.853. The smallest absolute Gasteiger partial charge is 0.150 e. The summed E-state index contributed by atoms with van der Waals surface area (Å²) in [7, 11) is 0. The molecule has 5 heteroatoms. The minimum absolute atomic E-state index is 0.537. The third-order valence-electron chi connectivity index (χ3n) is 3.17. The maximum Gasteiger partial charge on any atom is 0.150 e. The Morgan fingerprint density at radius 1 is 1.10 bits per heavy atom. The van der Waals surface area contributed by atoms with Crippen molar-refractivity contribution in [2.45, 2.75) is 33.1 Å². The number of hydrogen-bond donors (Lipinski definition) is 2. The molecule has 0 bridgehead atoms. The van der Waals surface area contributed by atoms with Crippen molar-refractivity contribution in [1.82, 2.24) is 9.97 Å². The molecule has 1 heterocycles. The second kappa shape index (κ2) is 7.41. The Bertz CT molecular complexity index is 581. The summed E-state index contributed by atoms with van der Waals surface area (Å²) >= 11 is 3.56. The first kappa shape index (κ1) is 15.8. The minimum Gasteiger partial charge on any atom is -0.369 e. The molecule has 2 aromatic rings. The Balaban J connectivity index is 2.15. The Morgan fingerprint density at radius 3 is 2.38 bits per heavy atom. The molecule has 4 nitrogen and oxygen atoms in total. The summed E-state index contributed by atoms with van der Waals surface area (Å²) in [6, 6.07) is 8.42. The highest BCUT2D eigenvalue weighted by atomic mass is 79.9. The first-order valence-electron chi connectivity index (χ1n) is 7.23. The average molecular weight is 349 g/mol. The highest BCUT2D eigenvalue weighted by Crippen LogP contribution is 2.29. The highest BCUT2D eigenvalue weighted by molar-refractivity contribution is 9.10. The topological polar surface area (TPSA) is 49.8 Å². The number of nitrogens with one attached hydrogen (secondary N) is 2. The fourth-order valence-corrected chi connectivity index (χ4v) is 2.36. The monoisotopic (exact) mass is 348 g/mol. The summed E-state index contributed by atoms with van der Waals surface area (Å²) in [6.07, 6.45) is 2.61. The Kier molecular flexibility index (Phi) is 5.56. The summed E-state index contributed by atoms with van der Waals surface area (Å²) in [4.78, 5) is 8.54. The van der Waals surface area contributed by atoms with Gasteiger partial charge in [0.25, 0.3) is 0 Å². The van der Waals surface area contributed by atoms with E-state index < -0.39 is 0 Å². The molecule has 0 atom stereocenters. The van der Waals surface area contributed by atoms with Crippen LogP contribution in [0.15, 0.2) is 35.1 Å². The van der Waals surface area contributed by atoms with Crippen LogP contribution in [0.5, 0.6) is 0 Å². The number of nitrogens with zero attached hydrogens (tertiary/aromatic N) is 2. The van der Waals surface area contributed by atoms with Gasteiger partial charge in [-0.1, -0.05) is 32.9 Å². The molecule has 0 fully saturated rings. The zero-order valence-corrected chi connectivity index (χ0v) is 14.2. The van der Waals surface area contributed by atoms with Crippen molar-refractivity contribution >= 4 is 33.3 Å². The SMILES string of the molecule is CCCNc1ncnc(Nc2ccc(C(C)C)cc2)c1Br. The van der Waals surface area contributed by atoms with Crippen LogP contribution in [0.1, 0.15) is 38.7 Å². The lowest BCUT2D eigenvalue weighted by Gasteiger charge is -2.12. The molecule has 0 unspecified atom stereocenters. The molecule has 112 valence electrons. The molecule has 0 saturated carbocycles. The summed E-state index contributed by atoms with van der Waals surface area (Å²) in [6.45, 7) is 7.39. The van der Waals surface area contributed by atoms with Crippen molar-refractivity contribution in [3.8, 4) is 0 Å². The van der Waals surface area contributed by atoms with Gasteiger partial charge in [0.1, 0.15) is 22.4 Å². The Morgan fingerprint density at radius 2 is 1.76 bits per heavy atom. The summed E-state index contributed by atoms with van der Waals surface area (Å²) in [5, 5.41) is 6.59. The van der Waals surface area contributed by atoms with Crippen molar-refractivity contribution in [2.75, 3.05) is 17.2 Å². The molecule has 0 aliphatic rings. The summed E-state index contributed by atoms with van der Waals surface area (Å²) in [5.74, 6) is 2.11. The van der Waals surface area contributed by atoms with Crippen molar-refractivity contribution < 1.29 is 0 Å². The molecule has 2 rings (SSSR count). The maximum atomic E-state index is 4.29. The lowest BCUT2D eigenvalue weighted by atomic mass is 10.0. The molecule has 0 amide bonds. The van der Waals surface area contributed by atoms with Gasteiger partial charge in [-0.15, -0.1) is 0 Å². The first-order valence-corrected chi connectivity index (χ1v) is 8.02. The van der Waals surface area contributed by atoms with Crippen LogP contribution < -0.4 is 10.6 Å². The summed E-state index contributed by atoms with van der Waals surface area (Å²) in [5.41, 5.74) is 2.34. The molecule has 1 aromatic heterocycles. The van der Waals surface area contributed by atoms with E-state index in [0.29, 0.717) is 5.92 Å². The molecule has 1 aromatic carbocycles. The van der Waals surface area contributed by atoms with Crippen LogP contribution in [0.2, 0.25) is 0 Å². The second-order valence-corrected chi connectivity index (χ2v) is 6.01. The minimum atomic E-state index is 0.537. The fourth-order valence-electron chi connectivity index (χ4n) is 1.91. The van der Waals surface area contributed by atoms with E-state index in [2.05, 4.69) is 81.6 Å². The molecule has 0 radical (unpaired) electrons. The van der Waals surface area contributed by atoms with Gasteiger partial charge in [-0.25, -0.2) is 9.97 Å². The number of halogens is 1. The highest BCUT2D eigenvalue weighted by Gasteiger charge is 2.08. The van der Waals surface area contributed by atoms with E-state index in [4.69, 9.17) is 0 Å². The van der Waals surface area contributed by atoms with E-state index in [1.54, 1.807) is 6.33 Å². The molecule has 0 saturated heterocycles. The van der Waals surface area contributed by atoms with Gasteiger partial charge in [0.05, 0.1) is 0 Å². The molecule has 0 spiro atoms. The van der Waals surface area contributed by atoms with Crippen LogP contribution in [0.3, 0.4) is 0 Å². The van der Waals surface area contributed by atoms with Gasteiger partial charge >= 0.3 is 0 Å². The first-order chi connectivity index (χ1) is 10.1. The van der Waals surface area contributed by atoms with Gasteiger partial charge in [0.15, 0.2) is 0 Å². The van der Waals surface area contributed by atoms with E-state index >= 15 is 0 Å². The normalized spacial score (nSPS) is 10.7. The standard InChI is InChI=1S/C16H21BrN4/c1-4-9-18-15-14(17)16(20-10-19-15)21-13-7-5-12(6-8-13)11(2)3/h5-8,10-11H,4,9H2,1-3H3,(H2,18,19,20,21). The predicted octanol–water partition coefficient (Wildman–Crippen LogP) is 4.93. The quantitative estimate of drug-likeness (QED) is 0.777. The predicted molar refractivity (Wildman–Crippen MR) is 92.3 cm³/mol. The Hall–Kier alpha value is -1.62. The van der Waals surface area contributed by atoms with Crippen LogP contribution in [0.25, 0.3) is 0 Å². The Labute approximate surface area is 134 Å². The van der Waals surface area contributed by atoms with E-state index in [-0.39, 0.29) is 0 Å². The second-order valence-electron chi connectivity index (χ2n) is 5.21. The molecular formula is C16H21BrN4. The average Bonchev–Trinajstić information content (AvgIpc) is 2.49. The largest absolute Gasteiger partial charge is 0.369 e. The van der Waals surface area contributed by atoms with E-state index in [1.165, 1.54) is 5.56 Å². The number of benzene rings is 1.